The zero-order valence-corrected chi connectivity index (χ0v) is 11.1. The molecule has 0 fully saturated rings. The Balaban J connectivity index is 1.98. The van der Waals surface area contributed by atoms with Crippen molar-refractivity contribution in [3.8, 4) is 0 Å². The maximum atomic E-state index is 13.5. The third kappa shape index (κ3) is 3.36. The van der Waals surface area contributed by atoms with E-state index in [2.05, 4.69) is 17.2 Å². The van der Waals surface area contributed by atoms with E-state index >= 15 is 0 Å². The highest BCUT2D eigenvalue weighted by Crippen LogP contribution is 2.27. The van der Waals surface area contributed by atoms with Gasteiger partial charge in [0.25, 0.3) is 0 Å². The second-order valence-corrected chi connectivity index (χ2v) is 5.65. The summed E-state index contributed by atoms with van der Waals surface area (Å²) in [5.74, 6) is -0.347. The molecule has 0 radical (unpaired) electrons. The number of thioether (sulfide) groups is 1. The van der Waals surface area contributed by atoms with Crippen LogP contribution in [0, 0.1) is 5.82 Å². The van der Waals surface area contributed by atoms with Gasteiger partial charge in [0.1, 0.15) is 5.82 Å². The number of hydrogen-bond donors (Lipinski definition) is 1. The van der Waals surface area contributed by atoms with Crippen LogP contribution in [-0.4, -0.2) is 17.0 Å². The molecule has 2 rings (SSSR count). The van der Waals surface area contributed by atoms with Gasteiger partial charge in [0.15, 0.2) is 5.17 Å². The minimum Gasteiger partial charge on any atom is -0.333 e. The Labute approximate surface area is 110 Å². The van der Waals surface area contributed by atoms with Gasteiger partial charge in [-0.2, -0.15) is 0 Å². The van der Waals surface area contributed by atoms with Gasteiger partial charge in [-0.1, -0.05) is 36.7 Å². The predicted molar refractivity (Wildman–Crippen MR) is 73.6 cm³/mol. The minimum atomic E-state index is -0.347. The van der Waals surface area contributed by atoms with E-state index in [1.807, 2.05) is 0 Å². The van der Waals surface area contributed by atoms with Gasteiger partial charge in [0, 0.05) is 10.3 Å². The lowest BCUT2D eigenvalue weighted by Crippen LogP contribution is -2.08. The van der Waals surface area contributed by atoms with Crippen molar-refractivity contribution in [3.63, 3.8) is 0 Å². The second kappa shape index (κ2) is 5.74. The third-order valence-corrected chi connectivity index (χ3v) is 3.91. The average molecular weight is 273 g/mol. The Hall–Kier alpha value is -0.740. The Morgan fingerprint density at radius 2 is 2.41 bits per heavy atom. The minimum absolute atomic E-state index is 0.347. The number of halogens is 2. The molecule has 1 N–H and O–H groups in total. The summed E-state index contributed by atoms with van der Waals surface area (Å²) in [5, 5.41) is 4.73. The van der Waals surface area contributed by atoms with Gasteiger partial charge >= 0.3 is 0 Å². The maximum Gasteiger partial charge on any atom is 0.161 e. The number of aliphatic imine (C=N–C) groups is 1. The van der Waals surface area contributed by atoms with Gasteiger partial charge in [0.05, 0.1) is 12.2 Å². The first-order valence-corrected chi connectivity index (χ1v) is 6.88. The fourth-order valence-electron chi connectivity index (χ4n) is 1.66. The first-order valence-electron chi connectivity index (χ1n) is 5.62. The highest BCUT2D eigenvalue weighted by molar-refractivity contribution is 8.15. The van der Waals surface area contributed by atoms with Crippen LogP contribution in [0.4, 0.5) is 10.1 Å². The van der Waals surface area contributed by atoms with E-state index in [0.29, 0.717) is 16.0 Å². The Kier molecular flexibility index (Phi) is 4.29. The van der Waals surface area contributed by atoms with Crippen LogP contribution in [0.15, 0.2) is 23.2 Å². The summed E-state index contributed by atoms with van der Waals surface area (Å²) >= 11 is 7.38. The molecule has 1 unspecified atom stereocenters. The van der Waals surface area contributed by atoms with Gasteiger partial charge < -0.3 is 5.32 Å². The van der Waals surface area contributed by atoms with E-state index in [-0.39, 0.29) is 5.82 Å². The maximum absolute atomic E-state index is 13.5. The summed E-state index contributed by atoms with van der Waals surface area (Å²) in [6, 6.07) is 4.60. The lowest BCUT2D eigenvalue weighted by Gasteiger charge is -2.08. The van der Waals surface area contributed by atoms with Gasteiger partial charge in [-0.15, -0.1) is 0 Å². The molecule has 17 heavy (non-hydrogen) atoms. The molecule has 5 heteroatoms. The van der Waals surface area contributed by atoms with Crippen molar-refractivity contribution in [2.24, 2.45) is 4.99 Å². The van der Waals surface area contributed by atoms with Crippen LogP contribution in [-0.2, 0) is 0 Å². The van der Waals surface area contributed by atoms with Crippen LogP contribution in [0.3, 0.4) is 0 Å². The fourth-order valence-corrected chi connectivity index (χ4v) is 2.96. The molecule has 0 aromatic heterocycles. The number of nitrogens with one attached hydrogen (secondary N) is 1. The number of nitrogens with zero attached hydrogens (tertiary/aromatic N) is 1. The summed E-state index contributed by atoms with van der Waals surface area (Å²) in [6.07, 6.45) is 2.29. The molecule has 0 saturated carbocycles. The highest BCUT2D eigenvalue weighted by Gasteiger charge is 2.19. The lowest BCUT2D eigenvalue weighted by atomic mass is 10.2. The topological polar surface area (TPSA) is 24.4 Å². The number of anilines is 1. The van der Waals surface area contributed by atoms with Gasteiger partial charge in [-0.05, 0) is 24.6 Å². The molecule has 0 spiro atoms. The van der Waals surface area contributed by atoms with E-state index in [4.69, 9.17) is 11.6 Å². The van der Waals surface area contributed by atoms with Crippen molar-refractivity contribution in [1.82, 2.24) is 0 Å². The third-order valence-electron chi connectivity index (χ3n) is 2.50. The Morgan fingerprint density at radius 3 is 3.12 bits per heavy atom. The van der Waals surface area contributed by atoms with Crippen LogP contribution >= 0.6 is 23.4 Å². The molecule has 1 atom stereocenters. The predicted octanol–water partition coefficient (Wildman–Crippen LogP) is 4.16. The van der Waals surface area contributed by atoms with Crippen molar-refractivity contribution in [2.75, 3.05) is 11.9 Å². The first kappa shape index (κ1) is 12.7. The van der Waals surface area contributed by atoms with Crippen LogP contribution in [0.2, 0.25) is 5.02 Å². The van der Waals surface area contributed by atoms with Crippen LogP contribution in [0.5, 0.6) is 0 Å². The van der Waals surface area contributed by atoms with E-state index in [0.717, 1.165) is 24.6 Å². The molecule has 0 aliphatic carbocycles. The van der Waals surface area contributed by atoms with Gasteiger partial charge in [0.2, 0.25) is 0 Å². The average Bonchev–Trinajstić information content (AvgIpc) is 2.71. The molecule has 1 aromatic rings. The fraction of sp³-hybridized carbons (Fsp3) is 0.417. The van der Waals surface area contributed by atoms with Crippen LogP contribution in [0.25, 0.3) is 0 Å². The molecule has 0 bridgehead atoms. The van der Waals surface area contributed by atoms with Crippen molar-refractivity contribution in [1.29, 1.82) is 0 Å². The zero-order valence-electron chi connectivity index (χ0n) is 9.54. The van der Waals surface area contributed by atoms with Gasteiger partial charge in [-0.3, -0.25) is 4.99 Å². The standard InChI is InChI=1S/C12H14ClFN2S/c1-2-3-9-7-15-12(17-9)16-11-5-4-8(13)6-10(11)14/h4-6,9H,2-3,7H2,1H3,(H,15,16). The highest BCUT2D eigenvalue weighted by atomic mass is 35.5. The summed E-state index contributed by atoms with van der Waals surface area (Å²) in [6.45, 7) is 2.97. The second-order valence-electron chi connectivity index (χ2n) is 3.92. The van der Waals surface area contributed by atoms with E-state index in [1.54, 1.807) is 23.9 Å². The van der Waals surface area contributed by atoms with Crippen molar-refractivity contribution >= 4 is 34.2 Å². The molecule has 1 heterocycles. The molecule has 92 valence electrons. The van der Waals surface area contributed by atoms with E-state index in [9.17, 15) is 4.39 Å². The largest absolute Gasteiger partial charge is 0.333 e. The van der Waals surface area contributed by atoms with Gasteiger partial charge in [-0.25, -0.2) is 4.39 Å². The monoisotopic (exact) mass is 272 g/mol. The Morgan fingerprint density at radius 1 is 1.59 bits per heavy atom. The SMILES string of the molecule is CCCC1CN=C(Nc2ccc(Cl)cc2F)S1. The summed E-state index contributed by atoms with van der Waals surface area (Å²) in [5.41, 5.74) is 0.429. The van der Waals surface area contributed by atoms with Crippen molar-refractivity contribution in [2.45, 2.75) is 25.0 Å². The van der Waals surface area contributed by atoms with E-state index < -0.39 is 0 Å². The molecule has 0 amide bonds. The molecular weight excluding hydrogens is 259 g/mol. The van der Waals surface area contributed by atoms with Crippen LogP contribution < -0.4 is 5.32 Å². The van der Waals surface area contributed by atoms with Crippen molar-refractivity contribution < 1.29 is 4.39 Å². The normalized spacial score (nSPS) is 19.2. The Bertz CT molecular complexity index is 437. The molecule has 2 nitrogen and oxygen atoms in total. The van der Waals surface area contributed by atoms with Crippen molar-refractivity contribution in [3.05, 3.63) is 29.0 Å². The quantitative estimate of drug-likeness (QED) is 0.893. The first-order chi connectivity index (χ1) is 8.19. The number of hydrogen-bond acceptors (Lipinski definition) is 3. The number of amidine groups is 1. The summed E-state index contributed by atoms with van der Waals surface area (Å²) < 4.78 is 13.5. The number of rotatable bonds is 3. The summed E-state index contributed by atoms with van der Waals surface area (Å²) in [7, 11) is 0. The lowest BCUT2D eigenvalue weighted by molar-refractivity contribution is 0.632. The number of benzene rings is 1. The molecule has 0 saturated heterocycles. The summed E-state index contributed by atoms with van der Waals surface area (Å²) in [4.78, 5) is 4.36. The molecule has 1 aliphatic rings. The molecule has 1 aromatic carbocycles. The van der Waals surface area contributed by atoms with Crippen LogP contribution in [0.1, 0.15) is 19.8 Å². The van der Waals surface area contributed by atoms with E-state index in [1.165, 1.54) is 6.07 Å². The molecule has 1 aliphatic heterocycles. The smallest absolute Gasteiger partial charge is 0.161 e. The molecular formula is C12H14ClFN2S. The zero-order chi connectivity index (χ0) is 12.3.